The maximum atomic E-state index is 14.0. The summed E-state index contributed by atoms with van der Waals surface area (Å²) in [6, 6.07) is 0.454. The van der Waals surface area contributed by atoms with Gasteiger partial charge in [0.15, 0.2) is 11.4 Å². The number of hydrogen-bond donors (Lipinski definition) is 6. The van der Waals surface area contributed by atoms with Gasteiger partial charge in [-0.15, -0.1) is 0 Å². The summed E-state index contributed by atoms with van der Waals surface area (Å²) in [6.07, 6.45) is 2.02. The van der Waals surface area contributed by atoms with E-state index < -0.39 is 58.0 Å². The van der Waals surface area contributed by atoms with Crippen LogP contribution in [-0.4, -0.2) is 112 Å². The van der Waals surface area contributed by atoms with Crippen molar-refractivity contribution in [3.63, 3.8) is 0 Å². The molecule has 2 fully saturated rings. The highest BCUT2D eigenvalue weighted by Crippen LogP contribution is 2.54. The number of carbonyl (C=O) groups is 3. The molecule has 3 aliphatic carbocycles. The molecule has 1 aromatic rings. The van der Waals surface area contributed by atoms with Crippen LogP contribution in [0.2, 0.25) is 0 Å². The van der Waals surface area contributed by atoms with Crippen molar-refractivity contribution in [2.75, 3.05) is 52.8 Å². The van der Waals surface area contributed by atoms with Crippen molar-refractivity contribution >= 4 is 28.9 Å². The van der Waals surface area contributed by atoms with Gasteiger partial charge in [0.1, 0.15) is 22.8 Å². The SMILES string of the molecule is CN(C)c1c(CN2CCC(CO)CC2)cc(O)c2c1C[C@H]1C[C@H]3[C@H](N(C)C)C(=O)C(C(N)=O)=C(O)[C@@]3(O)C(=O)C1=C2O. The van der Waals surface area contributed by atoms with Crippen LogP contribution in [0.15, 0.2) is 23.0 Å². The molecule has 4 atom stereocenters. The van der Waals surface area contributed by atoms with Gasteiger partial charge in [0.05, 0.1) is 11.6 Å². The predicted molar refractivity (Wildman–Crippen MR) is 154 cm³/mol. The third-order valence-electron chi connectivity index (χ3n) is 9.58. The number of likely N-dealkylation sites (N-methyl/N-ethyl adjacent to an activating group) is 1. The van der Waals surface area contributed by atoms with Gasteiger partial charge >= 0.3 is 0 Å². The number of ketones is 2. The number of piperidine rings is 1. The molecule has 0 bridgehead atoms. The molecule has 1 saturated carbocycles. The molecular formula is C30H40N4O8. The lowest BCUT2D eigenvalue weighted by molar-refractivity contribution is -0.153. The minimum Gasteiger partial charge on any atom is -0.508 e. The summed E-state index contributed by atoms with van der Waals surface area (Å²) in [7, 11) is 6.88. The van der Waals surface area contributed by atoms with Crippen LogP contribution < -0.4 is 10.6 Å². The number of phenolic OH excluding ortho intramolecular Hbond substituents is 1. The van der Waals surface area contributed by atoms with Crippen LogP contribution in [-0.2, 0) is 27.3 Å². The number of benzene rings is 1. The van der Waals surface area contributed by atoms with E-state index in [0.29, 0.717) is 12.1 Å². The molecule has 1 heterocycles. The number of aliphatic hydroxyl groups excluding tert-OH is 3. The maximum Gasteiger partial charge on any atom is 0.255 e. The molecule has 0 unspecified atom stereocenters. The number of likely N-dealkylation sites (tertiary alicyclic amines) is 1. The van der Waals surface area contributed by atoms with Crippen molar-refractivity contribution < 1.29 is 39.9 Å². The highest BCUT2D eigenvalue weighted by atomic mass is 16.3. The van der Waals surface area contributed by atoms with Gasteiger partial charge in [-0.2, -0.15) is 0 Å². The average Bonchev–Trinajstić information content (AvgIpc) is 2.90. The fourth-order valence-electron chi connectivity index (χ4n) is 7.61. The van der Waals surface area contributed by atoms with Crippen LogP contribution in [0.5, 0.6) is 5.75 Å². The van der Waals surface area contributed by atoms with Gasteiger partial charge in [-0.1, -0.05) is 0 Å². The van der Waals surface area contributed by atoms with Crippen LogP contribution >= 0.6 is 0 Å². The standard InChI is InChI=1S/C30H40N4O8/c1-32(2)23-16(12-34-7-5-14(13-35)6-8-34)11-19(36)21-17(23)9-15-10-18-24(33(3)4)26(38)22(29(31)41)28(40)30(18,42)27(39)20(15)25(21)37/h11,14-15,18,24,35-37,40,42H,5-10,12-13H2,1-4H3,(H2,31,41)/t15-,18-,24-,30-/m0/s1. The number of rotatable bonds is 6. The van der Waals surface area contributed by atoms with Gasteiger partial charge in [0.2, 0.25) is 5.78 Å². The fraction of sp³-hybridized carbons (Fsp3) is 0.567. The summed E-state index contributed by atoms with van der Waals surface area (Å²) in [5.74, 6) is -6.36. The van der Waals surface area contributed by atoms with Crippen LogP contribution in [0, 0.1) is 17.8 Å². The molecule has 12 heteroatoms. The van der Waals surface area contributed by atoms with E-state index in [4.69, 9.17) is 5.73 Å². The molecule has 0 spiro atoms. The van der Waals surface area contributed by atoms with E-state index in [0.717, 1.165) is 37.2 Å². The van der Waals surface area contributed by atoms with E-state index in [1.165, 1.54) is 4.90 Å². The maximum absolute atomic E-state index is 14.0. The molecule has 0 radical (unpaired) electrons. The first-order valence-electron chi connectivity index (χ1n) is 14.3. The number of nitrogens with two attached hydrogens (primary N) is 1. The Morgan fingerprint density at radius 3 is 2.31 bits per heavy atom. The van der Waals surface area contributed by atoms with E-state index in [2.05, 4.69) is 4.90 Å². The molecular weight excluding hydrogens is 544 g/mol. The van der Waals surface area contributed by atoms with Crippen molar-refractivity contribution in [1.82, 2.24) is 9.80 Å². The number of hydrogen-bond acceptors (Lipinski definition) is 11. The fourth-order valence-corrected chi connectivity index (χ4v) is 7.61. The van der Waals surface area contributed by atoms with Crippen LogP contribution in [0.3, 0.4) is 0 Å². The monoisotopic (exact) mass is 584 g/mol. The minimum absolute atomic E-state index is 0.0400. The molecule has 1 aromatic carbocycles. The number of nitrogens with zero attached hydrogens (tertiary/aromatic N) is 3. The summed E-state index contributed by atoms with van der Waals surface area (Å²) >= 11 is 0. The highest BCUT2D eigenvalue weighted by molar-refractivity contribution is 6.24. The zero-order valence-electron chi connectivity index (χ0n) is 24.4. The zero-order chi connectivity index (χ0) is 30.8. The normalized spacial score (nSPS) is 28.6. The molecule has 42 heavy (non-hydrogen) atoms. The van der Waals surface area contributed by atoms with Gasteiger partial charge in [-0.3, -0.25) is 24.2 Å². The summed E-state index contributed by atoms with van der Waals surface area (Å²) in [4.78, 5) is 45.2. The second-order valence-corrected chi connectivity index (χ2v) is 12.5. The summed E-state index contributed by atoms with van der Waals surface area (Å²) in [6.45, 7) is 2.31. The van der Waals surface area contributed by atoms with E-state index in [1.54, 1.807) is 20.2 Å². The number of aliphatic hydroxyl groups is 4. The summed E-state index contributed by atoms with van der Waals surface area (Å²) < 4.78 is 0. The molecule has 12 nitrogen and oxygen atoms in total. The number of primary amides is 1. The minimum atomic E-state index is -2.66. The number of aromatic hydroxyl groups is 1. The molecule has 0 aromatic heterocycles. The molecule has 5 rings (SSSR count). The Bertz CT molecular complexity index is 1410. The van der Waals surface area contributed by atoms with Crippen molar-refractivity contribution in [1.29, 1.82) is 0 Å². The van der Waals surface area contributed by atoms with Crippen LogP contribution in [0.4, 0.5) is 5.69 Å². The summed E-state index contributed by atoms with van der Waals surface area (Å²) in [5.41, 5.74) is 4.10. The first kappa shape index (κ1) is 30.0. The van der Waals surface area contributed by atoms with Crippen molar-refractivity contribution in [2.24, 2.45) is 23.5 Å². The second-order valence-electron chi connectivity index (χ2n) is 12.5. The Balaban J connectivity index is 1.63. The van der Waals surface area contributed by atoms with Gasteiger partial charge in [0, 0.05) is 44.4 Å². The topological polar surface area (TPSA) is 188 Å². The van der Waals surface area contributed by atoms with E-state index >= 15 is 0 Å². The van der Waals surface area contributed by atoms with Crippen LogP contribution in [0.1, 0.15) is 36.0 Å². The third-order valence-corrected chi connectivity index (χ3v) is 9.58. The first-order valence-corrected chi connectivity index (χ1v) is 14.3. The number of anilines is 1. The lowest BCUT2D eigenvalue weighted by Gasteiger charge is -2.50. The smallest absolute Gasteiger partial charge is 0.255 e. The Morgan fingerprint density at radius 2 is 1.76 bits per heavy atom. The van der Waals surface area contributed by atoms with E-state index in [9.17, 15) is 39.9 Å². The summed E-state index contributed by atoms with van der Waals surface area (Å²) in [5, 5.41) is 55.0. The predicted octanol–water partition coefficient (Wildman–Crippen LogP) is 0.234. The number of Topliss-reactive ketones (excluding diaryl/α,β-unsaturated/α-hetero) is 2. The van der Waals surface area contributed by atoms with Gasteiger partial charge in [0.25, 0.3) is 5.91 Å². The van der Waals surface area contributed by atoms with Crippen molar-refractivity contribution in [3.8, 4) is 5.75 Å². The van der Waals surface area contributed by atoms with Gasteiger partial charge in [-0.05, 0) is 81.9 Å². The van der Waals surface area contributed by atoms with Gasteiger partial charge in [-0.25, -0.2) is 0 Å². The molecule has 1 aliphatic heterocycles. The van der Waals surface area contributed by atoms with Crippen molar-refractivity contribution in [2.45, 2.75) is 43.9 Å². The molecule has 228 valence electrons. The quantitative estimate of drug-likeness (QED) is 0.251. The molecule has 4 aliphatic rings. The van der Waals surface area contributed by atoms with E-state index in [1.807, 2.05) is 19.0 Å². The Hall–Kier alpha value is -3.45. The lowest BCUT2D eigenvalue weighted by Crippen LogP contribution is -2.65. The lowest BCUT2D eigenvalue weighted by atomic mass is 9.57. The molecule has 1 saturated heterocycles. The van der Waals surface area contributed by atoms with Crippen LogP contribution in [0.25, 0.3) is 5.76 Å². The van der Waals surface area contributed by atoms with Gasteiger partial charge < -0.3 is 36.2 Å². The highest BCUT2D eigenvalue weighted by Gasteiger charge is 2.64. The third kappa shape index (κ3) is 4.39. The molecule has 1 amide bonds. The van der Waals surface area contributed by atoms with Crippen molar-refractivity contribution in [3.05, 3.63) is 39.7 Å². The number of carbonyl (C=O) groups excluding carboxylic acids is 3. The Labute approximate surface area is 244 Å². The molecule has 7 N–H and O–H groups in total. The number of phenols is 1. The Morgan fingerprint density at radius 1 is 1.12 bits per heavy atom. The largest absolute Gasteiger partial charge is 0.508 e. The average molecular weight is 585 g/mol. The zero-order valence-corrected chi connectivity index (χ0v) is 24.4. The Kier molecular flexibility index (Phi) is 7.63. The first-order chi connectivity index (χ1) is 19.7. The number of fused-ring (bicyclic) bond motifs is 3. The van der Waals surface area contributed by atoms with E-state index in [-0.39, 0.29) is 42.3 Å². The number of amides is 1. The second kappa shape index (κ2) is 10.7.